The van der Waals surface area contributed by atoms with Gasteiger partial charge in [-0.05, 0) is 57.2 Å². The minimum Gasteiger partial charge on any atom is -0.495 e. The summed E-state index contributed by atoms with van der Waals surface area (Å²) in [4.78, 5) is 30.6. The van der Waals surface area contributed by atoms with E-state index in [9.17, 15) is 9.59 Å². The third-order valence-corrected chi connectivity index (χ3v) is 6.13. The standard InChI is InChI=1S/C23H27FN4O4/c1-22(2)20(30)28(4)21(25)27-23(22,3)15-12-14(8-9-16(15)24)26-17-11-13(19(29)32-6)7-10-18(17)31-5/h7-12,26H,1-6H3,(H2,25,27). The van der Waals surface area contributed by atoms with E-state index in [0.29, 0.717) is 22.7 Å². The molecule has 1 aliphatic rings. The Morgan fingerprint density at radius 3 is 2.47 bits per heavy atom. The minimum atomic E-state index is -1.25. The zero-order chi connectivity index (χ0) is 23.8. The first-order valence-corrected chi connectivity index (χ1v) is 9.93. The van der Waals surface area contributed by atoms with Gasteiger partial charge in [0.2, 0.25) is 5.91 Å². The molecule has 1 aliphatic heterocycles. The molecule has 0 saturated carbocycles. The van der Waals surface area contributed by atoms with Crippen molar-refractivity contribution in [3.63, 3.8) is 0 Å². The first-order valence-electron chi connectivity index (χ1n) is 9.93. The highest BCUT2D eigenvalue weighted by Gasteiger charge is 2.53. The number of methoxy groups -OCH3 is 2. The Hall–Kier alpha value is -3.62. The number of rotatable bonds is 5. The molecule has 1 amide bonds. The lowest BCUT2D eigenvalue weighted by Crippen LogP contribution is -2.58. The third kappa shape index (κ3) is 3.63. The van der Waals surface area contributed by atoms with Crippen LogP contribution in [0.2, 0.25) is 0 Å². The zero-order valence-corrected chi connectivity index (χ0v) is 18.9. The van der Waals surface area contributed by atoms with Crippen LogP contribution >= 0.6 is 0 Å². The number of carbonyl (C=O) groups excluding carboxylic acids is 2. The van der Waals surface area contributed by atoms with Crippen LogP contribution in [0.25, 0.3) is 0 Å². The normalized spacial score (nSPS) is 19.9. The van der Waals surface area contributed by atoms with Crippen LogP contribution in [0.4, 0.5) is 15.8 Å². The molecular weight excluding hydrogens is 415 g/mol. The van der Waals surface area contributed by atoms with Crippen LogP contribution in [-0.4, -0.2) is 44.0 Å². The zero-order valence-electron chi connectivity index (χ0n) is 18.9. The summed E-state index contributed by atoms with van der Waals surface area (Å²) < 4.78 is 25.2. The highest BCUT2D eigenvalue weighted by atomic mass is 19.1. The van der Waals surface area contributed by atoms with E-state index in [1.165, 1.54) is 32.2 Å². The Bertz CT molecular complexity index is 1120. The summed E-state index contributed by atoms with van der Waals surface area (Å²) >= 11 is 0. The fourth-order valence-corrected chi connectivity index (χ4v) is 3.75. The van der Waals surface area contributed by atoms with Gasteiger partial charge in [0.25, 0.3) is 0 Å². The molecule has 170 valence electrons. The van der Waals surface area contributed by atoms with Gasteiger partial charge in [-0.25, -0.2) is 14.2 Å². The highest BCUT2D eigenvalue weighted by molar-refractivity contribution is 6.01. The number of hydrogen-bond acceptors (Lipinski definition) is 7. The van der Waals surface area contributed by atoms with Gasteiger partial charge in [0.05, 0.1) is 30.9 Å². The van der Waals surface area contributed by atoms with Crippen molar-refractivity contribution < 1.29 is 23.5 Å². The van der Waals surface area contributed by atoms with Gasteiger partial charge in [-0.1, -0.05) is 0 Å². The van der Waals surface area contributed by atoms with E-state index in [2.05, 4.69) is 10.3 Å². The Kier molecular flexibility index (Phi) is 5.86. The lowest BCUT2D eigenvalue weighted by atomic mass is 9.67. The first-order chi connectivity index (χ1) is 15.0. The summed E-state index contributed by atoms with van der Waals surface area (Å²) in [6.45, 7) is 5.11. The molecule has 2 aromatic rings. The SMILES string of the molecule is COC(=O)c1ccc(OC)c(Nc2ccc(F)c(C3(C)N=C(N)N(C)C(=O)C3(C)C)c2)c1. The summed E-state index contributed by atoms with van der Waals surface area (Å²) in [6, 6.07) is 9.21. The van der Waals surface area contributed by atoms with Crippen LogP contribution in [0.5, 0.6) is 5.75 Å². The minimum absolute atomic E-state index is 0.0158. The van der Waals surface area contributed by atoms with Crippen molar-refractivity contribution in [1.82, 2.24) is 4.90 Å². The van der Waals surface area contributed by atoms with Crippen molar-refractivity contribution in [3.8, 4) is 5.75 Å². The van der Waals surface area contributed by atoms with Crippen molar-refractivity contribution in [1.29, 1.82) is 0 Å². The van der Waals surface area contributed by atoms with E-state index in [0.717, 1.165) is 0 Å². The number of nitrogens with zero attached hydrogens (tertiary/aromatic N) is 2. The maximum atomic E-state index is 15.0. The molecule has 2 aromatic carbocycles. The quantitative estimate of drug-likeness (QED) is 0.688. The van der Waals surface area contributed by atoms with Crippen LogP contribution in [0.3, 0.4) is 0 Å². The number of nitrogens with one attached hydrogen (secondary N) is 1. The van der Waals surface area contributed by atoms with Gasteiger partial charge in [0, 0.05) is 18.3 Å². The number of aliphatic imine (C=N–C) groups is 1. The summed E-state index contributed by atoms with van der Waals surface area (Å²) in [5.41, 5.74) is 5.19. The van der Waals surface area contributed by atoms with Crippen LogP contribution in [0, 0.1) is 11.2 Å². The number of esters is 1. The van der Waals surface area contributed by atoms with E-state index in [1.54, 1.807) is 51.1 Å². The lowest BCUT2D eigenvalue weighted by molar-refractivity contribution is -0.140. The summed E-state index contributed by atoms with van der Waals surface area (Å²) in [6.07, 6.45) is 0. The maximum absolute atomic E-state index is 15.0. The molecule has 1 unspecified atom stereocenters. The van der Waals surface area contributed by atoms with Crippen molar-refractivity contribution in [2.45, 2.75) is 26.3 Å². The van der Waals surface area contributed by atoms with E-state index in [1.807, 2.05) is 0 Å². The van der Waals surface area contributed by atoms with Gasteiger partial charge in [-0.3, -0.25) is 9.69 Å². The van der Waals surface area contributed by atoms with Crippen LogP contribution in [0.15, 0.2) is 41.4 Å². The largest absolute Gasteiger partial charge is 0.495 e. The molecule has 8 nitrogen and oxygen atoms in total. The molecule has 3 N–H and O–H groups in total. The molecule has 1 heterocycles. The van der Waals surface area contributed by atoms with Crippen LogP contribution in [0.1, 0.15) is 36.7 Å². The molecule has 32 heavy (non-hydrogen) atoms. The first kappa shape index (κ1) is 23.1. The molecule has 0 aromatic heterocycles. The Balaban J connectivity index is 2.10. The van der Waals surface area contributed by atoms with Crippen molar-refractivity contribution in [2.75, 3.05) is 26.6 Å². The molecule has 0 spiro atoms. The average molecular weight is 442 g/mol. The van der Waals surface area contributed by atoms with Gasteiger partial charge in [-0.2, -0.15) is 0 Å². The van der Waals surface area contributed by atoms with Gasteiger partial charge in [0.1, 0.15) is 17.1 Å². The van der Waals surface area contributed by atoms with Crippen LogP contribution in [-0.2, 0) is 15.1 Å². The molecular formula is C23H27FN4O4. The van der Waals surface area contributed by atoms with Crippen LogP contribution < -0.4 is 15.8 Å². The number of ether oxygens (including phenoxy) is 2. The summed E-state index contributed by atoms with van der Waals surface area (Å²) in [5, 5.41) is 3.15. The lowest BCUT2D eigenvalue weighted by Gasteiger charge is -2.46. The van der Waals surface area contributed by atoms with E-state index >= 15 is 4.39 Å². The predicted octanol–water partition coefficient (Wildman–Crippen LogP) is 3.39. The Morgan fingerprint density at radius 1 is 1.16 bits per heavy atom. The summed E-state index contributed by atoms with van der Waals surface area (Å²) in [7, 11) is 4.33. The fourth-order valence-electron chi connectivity index (χ4n) is 3.75. The molecule has 0 bridgehead atoms. The maximum Gasteiger partial charge on any atom is 0.337 e. The Morgan fingerprint density at radius 2 is 1.84 bits per heavy atom. The molecule has 0 aliphatic carbocycles. The monoisotopic (exact) mass is 442 g/mol. The fraction of sp³-hybridized carbons (Fsp3) is 0.348. The number of nitrogens with two attached hydrogens (primary N) is 1. The second-order valence-electron chi connectivity index (χ2n) is 8.26. The number of carbonyl (C=O) groups is 2. The van der Waals surface area contributed by atoms with E-state index < -0.39 is 22.7 Å². The molecule has 0 saturated heterocycles. The number of benzene rings is 2. The highest BCUT2D eigenvalue weighted by Crippen LogP contribution is 2.48. The van der Waals surface area contributed by atoms with Crippen molar-refractivity contribution in [3.05, 3.63) is 53.3 Å². The topological polar surface area (TPSA) is 106 Å². The predicted molar refractivity (Wildman–Crippen MR) is 120 cm³/mol. The van der Waals surface area contributed by atoms with Gasteiger partial charge in [-0.15, -0.1) is 0 Å². The smallest absolute Gasteiger partial charge is 0.337 e. The number of hydrogen-bond donors (Lipinski definition) is 2. The van der Waals surface area contributed by atoms with Crippen molar-refractivity contribution in [2.24, 2.45) is 16.1 Å². The Labute approximate surface area is 186 Å². The molecule has 1 atom stereocenters. The average Bonchev–Trinajstić information content (AvgIpc) is 2.77. The number of anilines is 2. The van der Waals surface area contributed by atoms with E-state index in [-0.39, 0.29) is 17.4 Å². The summed E-state index contributed by atoms with van der Waals surface area (Å²) in [5.74, 6) is -0.790. The molecule has 0 fully saturated rings. The van der Waals surface area contributed by atoms with E-state index in [4.69, 9.17) is 15.2 Å². The van der Waals surface area contributed by atoms with Gasteiger partial charge < -0.3 is 20.5 Å². The van der Waals surface area contributed by atoms with Gasteiger partial charge >= 0.3 is 5.97 Å². The molecule has 9 heteroatoms. The number of halogens is 1. The third-order valence-electron chi connectivity index (χ3n) is 6.13. The van der Waals surface area contributed by atoms with Crippen molar-refractivity contribution >= 4 is 29.2 Å². The van der Waals surface area contributed by atoms with Gasteiger partial charge in [0.15, 0.2) is 5.96 Å². The number of guanidine groups is 1. The molecule has 3 rings (SSSR count). The second kappa shape index (κ2) is 8.14. The molecule has 0 radical (unpaired) electrons. The second-order valence-corrected chi connectivity index (χ2v) is 8.26. The number of amides is 1.